The molecule has 0 aromatic carbocycles. The highest BCUT2D eigenvalue weighted by atomic mass is 79.9. The summed E-state index contributed by atoms with van der Waals surface area (Å²) in [5, 5.41) is 7.61. The fraction of sp³-hybridized carbons (Fsp3) is 0.600. The Morgan fingerprint density at radius 1 is 1.67 bits per heavy atom. The Bertz CT molecular complexity index is 325. The first-order valence-corrected chi connectivity index (χ1v) is 7.68. The lowest BCUT2D eigenvalue weighted by molar-refractivity contribution is 0.479. The number of nitrogens with two attached hydrogens (primary N) is 1. The lowest BCUT2D eigenvalue weighted by atomic mass is 9.91. The van der Waals surface area contributed by atoms with Crippen molar-refractivity contribution in [2.45, 2.75) is 37.9 Å². The highest BCUT2D eigenvalue weighted by Crippen LogP contribution is 2.39. The van der Waals surface area contributed by atoms with Gasteiger partial charge in [0.25, 0.3) is 0 Å². The van der Waals surface area contributed by atoms with E-state index < -0.39 is 11.4 Å². The molecule has 1 rings (SSSR count). The fourth-order valence-electron chi connectivity index (χ4n) is 1.69. The highest BCUT2D eigenvalue weighted by molar-refractivity contribution is 9.10. The Kier molecular flexibility index (Phi) is 4.67. The van der Waals surface area contributed by atoms with Crippen LogP contribution in [0, 0.1) is 0 Å². The number of rotatable bonds is 4. The molecule has 15 heavy (non-hydrogen) atoms. The number of hydrogen-bond acceptors (Lipinski definition) is 3. The van der Waals surface area contributed by atoms with Crippen molar-refractivity contribution < 1.29 is 4.55 Å². The van der Waals surface area contributed by atoms with Crippen LogP contribution in [0.1, 0.15) is 38.0 Å². The molecule has 1 aromatic rings. The van der Waals surface area contributed by atoms with E-state index >= 15 is 0 Å². The third kappa shape index (κ3) is 2.97. The summed E-state index contributed by atoms with van der Waals surface area (Å²) in [4.78, 5) is 1.24. The molecule has 0 amide bonds. The lowest BCUT2D eigenvalue weighted by Gasteiger charge is -2.31. The second kappa shape index (κ2) is 5.19. The van der Waals surface area contributed by atoms with Crippen molar-refractivity contribution in [3.63, 3.8) is 0 Å². The molecule has 5 heteroatoms. The van der Waals surface area contributed by atoms with Gasteiger partial charge in [-0.15, -0.1) is 11.3 Å². The van der Waals surface area contributed by atoms with E-state index in [4.69, 9.17) is 5.14 Å². The van der Waals surface area contributed by atoms with E-state index in [1.807, 2.05) is 19.2 Å². The molecule has 2 nitrogen and oxygen atoms in total. The molecule has 1 aromatic heterocycles. The monoisotopic (exact) mass is 309 g/mol. The Hall–Kier alpha value is 0.450. The summed E-state index contributed by atoms with van der Waals surface area (Å²) in [6.45, 7) is 6.03. The first-order chi connectivity index (χ1) is 6.89. The van der Waals surface area contributed by atoms with Gasteiger partial charge in [-0.3, -0.25) is 0 Å². The summed E-state index contributed by atoms with van der Waals surface area (Å²) in [5.74, 6) is 0.250. The standard InChI is InChI=1S/C10H16BrNOS2/c1-4-8(10(2,3)15(12)13)9-5-7(11)6-14-9/h5-6,8H,4,12H2,1-3H3. The Morgan fingerprint density at radius 2 is 2.27 bits per heavy atom. The maximum Gasteiger partial charge on any atom is 0.147 e. The molecule has 86 valence electrons. The van der Waals surface area contributed by atoms with Gasteiger partial charge in [0.1, 0.15) is 4.75 Å². The maximum atomic E-state index is 11.5. The van der Waals surface area contributed by atoms with Gasteiger partial charge in [-0.25, -0.2) is 0 Å². The molecule has 0 spiro atoms. The van der Waals surface area contributed by atoms with Crippen LogP contribution in [-0.4, -0.2) is 9.30 Å². The van der Waals surface area contributed by atoms with Crippen molar-refractivity contribution in [3.8, 4) is 0 Å². The molecule has 0 saturated heterocycles. The van der Waals surface area contributed by atoms with Crippen molar-refractivity contribution in [1.29, 1.82) is 0 Å². The first kappa shape index (κ1) is 13.5. The van der Waals surface area contributed by atoms with E-state index in [2.05, 4.69) is 28.9 Å². The van der Waals surface area contributed by atoms with E-state index in [0.717, 1.165) is 10.9 Å². The van der Waals surface area contributed by atoms with Crippen LogP contribution in [-0.2, 0) is 11.4 Å². The van der Waals surface area contributed by atoms with Crippen LogP contribution in [0.25, 0.3) is 0 Å². The summed E-state index contributed by atoms with van der Waals surface area (Å²) in [5.41, 5.74) is 0. The van der Waals surface area contributed by atoms with Gasteiger partial charge < -0.3 is 4.55 Å². The topological polar surface area (TPSA) is 49.1 Å². The minimum Gasteiger partial charge on any atom is -0.598 e. The molecule has 2 N–H and O–H groups in total. The first-order valence-electron chi connectivity index (χ1n) is 4.79. The van der Waals surface area contributed by atoms with Crippen molar-refractivity contribution in [3.05, 3.63) is 20.8 Å². The largest absolute Gasteiger partial charge is 0.598 e. The lowest BCUT2D eigenvalue weighted by Crippen LogP contribution is -2.42. The predicted molar refractivity (Wildman–Crippen MR) is 71.5 cm³/mol. The van der Waals surface area contributed by atoms with Gasteiger partial charge in [0.15, 0.2) is 0 Å². The maximum absolute atomic E-state index is 11.5. The Morgan fingerprint density at radius 3 is 2.60 bits per heavy atom. The number of thiophene rings is 1. The quantitative estimate of drug-likeness (QED) is 0.867. The number of hydrogen-bond donors (Lipinski definition) is 1. The van der Waals surface area contributed by atoms with Crippen LogP contribution < -0.4 is 5.14 Å². The summed E-state index contributed by atoms with van der Waals surface area (Å²) >= 11 is 3.82. The molecule has 2 atom stereocenters. The molecule has 0 fully saturated rings. The molecule has 0 saturated carbocycles. The van der Waals surface area contributed by atoms with Crippen molar-refractivity contribution in [2.75, 3.05) is 0 Å². The van der Waals surface area contributed by atoms with Gasteiger partial charge in [-0.05, 0) is 42.3 Å². The smallest absolute Gasteiger partial charge is 0.147 e. The fourth-order valence-corrected chi connectivity index (χ4v) is 4.15. The van der Waals surface area contributed by atoms with Crippen LogP contribution in [0.3, 0.4) is 0 Å². The number of halogens is 1. The third-order valence-corrected chi connectivity index (χ3v) is 5.83. The molecule has 2 unspecified atom stereocenters. The van der Waals surface area contributed by atoms with Crippen LogP contribution in [0.15, 0.2) is 15.9 Å². The van der Waals surface area contributed by atoms with Crippen LogP contribution >= 0.6 is 27.3 Å². The Balaban J connectivity index is 2.98. The van der Waals surface area contributed by atoms with Crippen molar-refractivity contribution in [2.24, 2.45) is 5.14 Å². The molecular weight excluding hydrogens is 294 g/mol. The van der Waals surface area contributed by atoms with E-state index in [-0.39, 0.29) is 10.7 Å². The van der Waals surface area contributed by atoms with Gasteiger partial charge in [0.05, 0.1) is 0 Å². The van der Waals surface area contributed by atoms with E-state index in [1.54, 1.807) is 11.3 Å². The molecule has 0 aliphatic carbocycles. The average molecular weight is 310 g/mol. The van der Waals surface area contributed by atoms with Gasteiger partial charge in [0, 0.05) is 32.0 Å². The third-order valence-electron chi connectivity index (χ3n) is 2.70. The molecule has 0 aliphatic heterocycles. The van der Waals surface area contributed by atoms with E-state index in [9.17, 15) is 4.55 Å². The zero-order valence-corrected chi connectivity index (χ0v) is 12.3. The normalized spacial score (nSPS) is 16.4. The molecule has 1 heterocycles. The van der Waals surface area contributed by atoms with Crippen LogP contribution in [0.5, 0.6) is 0 Å². The zero-order valence-electron chi connectivity index (χ0n) is 9.12. The van der Waals surface area contributed by atoms with Crippen LogP contribution in [0.4, 0.5) is 0 Å². The van der Waals surface area contributed by atoms with Gasteiger partial charge >= 0.3 is 0 Å². The summed E-state index contributed by atoms with van der Waals surface area (Å²) in [6.07, 6.45) is 0.947. The van der Waals surface area contributed by atoms with Gasteiger partial charge in [0.2, 0.25) is 0 Å². The summed E-state index contributed by atoms with van der Waals surface area (Å²) < 4.78 is 12.2. The molecular formula is C10H16BrNOS2. The minimum atomic E-state index is -1.31. The zero-order chi connectivity index (χ0) is 11.6. The molecule has 0 radical (unpaired) electrons. The van der Waals surface area contributed by atoms with E-state index in [1.165, 1.54) is 4.88 Å². The Labute approximate surface area is 107 Å². The average Bonchev–Trinajstić information content (AvgIpc) is 2.52. The summed E-state index contributed by atoms with van der Waals surface area (Å²) in [7, 11) is 0. The second-order valence-corrected chi connectivity index (χ2v) is 7.53. The molecule has 0 bridgehead atoms. The van der Waals surface area contributed by atoms with E-state index in [0.29, 0.717) is 0 Å². The summed E-state index contributed by atoms with van der Waals surface area (Å²) in [6, 6.07) is 2.09. The SMILES string of the molecule is CCC(c1cc(Br)cs1)C(C)(C)[S+](N)[O-]. The predicted octanol–water partition coefficient (Wildman–Crippen LogP) is 3.41. The van der Waals surface area contributed by atoms with Crippen molar-refractivity contribution in [1.82, 2.24) is 0 Å². The highest BCUT2D eigenvalue weighted by Gasteiger charge is 2.40. The van der Waals surface area contributed by atoms with Gasteiger partial charge in [-0.2, -0.15) is 5.14 Å². The second-order valence-electron chi connectivity index (χ2n) is 4.03. The molecule has 0 aliphatic rings. The van der Waals surface area contributed by atoms with Gasteiger partial charge in [-0.1, -0.05) is 6.92 Å². The van der Waals surface area contributed by atoms with Crippen LogP contribution in [0.2, 0.25) is 0 Å². The minimum absolute atomic E-state index is 0.250. The van der Waals surface area contributed by atoms with Crippen molar-refractivity contribution >= 4 is 38.6 Å².